The van der Waals surface area contributed by atoms with Crippen LogP contribution in [0.25, 0.3) is 0 Å². The van der Waals surface area contributed by atoms with E-state index in [1.54, 1.807) is 37.4 Å². The van der Waals surface area contributed by atoms with Gasteiger partial charge in [0.1, 0.15) is 5.82 Å². The Kier molecular flexibility index (Phi) is 6.11. The Hall–Kier alpha value is -2.40. The molecule has 1 amide bonds. The molecule has 0 saturated heterocycles. The van der Waals surface area contributed by atoms with Gasteiger partial charge in [-0.3, -0.25) is 4.79 Å². The highest BCUT2D eigenvalue weighted by atomic mass is 16.5. The number of rotatable bonds is 7. The first-order valence-electron chi connectivity index (χ1n) is 7.62. The summed E-state index contributed by atoms with van der Waals surface area (Å²) in [6.07, 6.45) is 1.67. The second-order valence-electron chi connectivity index (χ2n) is 5.35. The van der Waals surface area contributed by atoms with Crippen molar-refractivity contribution in [2.75, 3.05) is 32.6 Å². The van der Waals surface area contributed by atoms with Crippen molar-refractivity contribution in [3.63, 3.8) is 0 Å². The van der Waals surface area contributed by atoms with E-state index in [0.717, 1.165) is 5.56 Å². The third-order valence-electron chi connectivity index (χ3n) is 3.62. The molecule has 0 bridgehead atoms. The molecular formula is C18H23N3O2. The fourth-order valence-corrected chi connectivity index (χ4v) is 2.32. The highest BCUT2D eigenvalue weighted by molar-refractivity contribution is 5.98. The first-order chi connectivity index (χ1) is 11.2. The van der Waals surface area contributed by atoms with Gasteiger partial charge >= 0.3 is 0 Å². The van der Waals surface area contributed by atoms with Gasteiger partial charge in [0.05, 0.1) is 12.2 Å². The van der Waals surface area contributed by atoms with Crippen LogP contribution in [-0.4, -0.2) is 43.1 Å². The molecule has 1 N–H and O–H groups in total. The maximum atomic E-state index is 12.9. The standard InChI is InChI=1S/C18H23N3O2/c1-14-6-8-15(9-7-14)13-21(11-12-23-3)18(22)16-5-4-10-20-17(16)19-2/h4-10H,11-13H2,1-3H3,(H,19,20). The van der Waals surface area contributed by atoms with Crippen LogP contribution in [0.2, 0.25) is 0 Å². The molecule has 0 fully saturated rings. The Morgan fingerprint density at radius 1 is 1.26 bits per heavy atom. The Morgan fingerprint density at radius 2 is 2.00 bits per heavy atom. The predicted molar refractivity (Wildman–Crippen MR) is 91.6 cm³/mol. The minimum Gasteiger partial charge on any atom is -0.383 e. The summed E-state index contributed by atoms with van der Waals surface area (Å²) in [4.78, 5) is 18.9. The molecule has 2 rings (SSSR count). The molecule has 0 atom stereocenters. The summed E-state index contributed by atoms with van der Waals surface area (Å²) in [6.45, 7) is 3.61. The number of nitrogens with one attached hydrogen (secondary N) is 1. The van der Waals surface area contributed by atoms with E-state index in [4.69, 9.17) is 4.74 Å². The van der Waals surface area contributed by atoms with Gasteiger partial charge in [-0.15, -0.1) is 0 Å². The number of benzene rings is 1. The molecule has 122 valence electrons. The van der Waals surface area contributed by atoms with Crippen molar-refractivity contribution in [1.82, 2.24) is 9.88 Å². The van der Waals surface area contributed by atoms with Crippen LogP contribution in [0.4, 0.5) is 5.82 Å². The van der Waals surface area contributed by atoms with Crippen LogP contribution < -0.4 is 5.32 Å². The number of aromatic nitrogens is 1. The van der Waals surface area contributed by atoms with Crippen LogP contribution in [0.5, 0.6) is 0 Å². The zero-order valence-electron chi connectivity index (χ0n) is 13.9. The van der Waals surface area contributed by atoms with E-state index in [-0.39, 0.29) is 5.91 Å². The summed E-state index contributed by atoms with van der Waals surface area (Å²) in [5, 5.41) is 2.97. The number of ether oxygens (including phenoxy) is 1. The third-order valence-corrected chi connectivity index (χ3v) is 3.62. The molecule has 2 aromatic rings. The first-order valence-corrected chi connectivity index (χ1v) is 7.62. The smallest absolute Gasteiger partial charge is 0.257 e. The summed E-state index contributed by atoms with van der Waals surface area (Å²) in [5.41, 5.74) is 2.86. The molecule has 0 aliphatic heterocycles. The van der Waals surface area contributed by atoms with Crippen molar-refractivity contribution in [2.24, 2.45) is 0 Å². The average molecular weight is 313 g/mol. The Bertz CT molecular complexity index is 641. The van der Waals surface area contributed by atoms with E-state index in [1.807, 2.05) is 19.1 Å². The molecule has 5 nitrogen and oxygen atoms in total. The maximum Gasteiger partial charge on any atom is 0.257 e. The Balaban J connectivity index is 2.22. The molecule has 1 aromatic carbocycles. The van der Waals surface area contributed by atoms with Gasteiger partial charge in [0.2, 0.25) is 0 Å². The van der Waals surface area contributed by atoms with Crippen LogP contribution in [0, 0.1) is 6.92 Å². The van der Waals surface area contributed by atoms with Crippen LogP contribution in [0.3, 0.4) is 0 Å². The fourth-order valence-electron chi connectivity index (χ4n) is 2.32. The van der Waals surface area contributed by atoms with Crippen LogP contribution in [0.15, 0.2) is 42.6 Å². The van der Waals surface area contributed by atoms with Crippen molar-refractivity contribution in [2.45, 2.75) is 13.5 Å². The van der Waals surface area contributed by atoms with Gasteiger partial charge < -0.3 is 15.0 Å². The van der Waals surface area contributed by atoms with Gasteiger partial charge in [-0.1, -0.05) is 29.8 Å². The summed E-state index contributed by atoms with van der Waals surface area (Å²) in [5.74, 6) is 0.531. The van der Waals surface area contributed by atoms with Crippen molar-refractivity contribution >= 4 is 11.7 Å². The number of carbonyl (C=O) groups excluding carboxylic acids is 1. The zero-order valence-corrected chi connectivity index (χ0v) is 13.9. The van der Waals surface area contributed by atoms with Gasteiger partial charge in [-0.2, -0.15) is 0 Å². The molecule has 0 spiro atoms. The summed E-state index contributed by atoms with van der Waals surface area (Å²) >= 11 is 0. The van der Waals surface area contributed by atoms with Gasteiger partial charge in [-0.25, -0.2) is 4.98 Å². The van der Waals surface area contributed by atoms with Crippen molar-refractivity contribution in [3.05, 3.63) is 59.3 Å². The van der Waals surface area contributed by atoms with Crippen molar-refractivity contribution < 1.29 is 9.53 Å². The van der Waals surface area contributed by atoms with Gasteiger partial charge in [0, 0.05) is 33.4 Å². The lowest BCUT2D eigenvalue weighted by molar-refractivity contribution is 0.0681. The maximum absolute atomic E-state index is 12.9. The lowest BCUT2D eigenvalue weighted by atomic mass is 10.1. The molecule has 1 aromatic heterocycles. The number of pyridine rings is 1. The zero-order chi connectivity index (χ0) is 16.7. The molecule has 0 saturated carbocycles. The largest absolute Gasteiger partial charge is 0.383 e. The van der Waals surface area contributed by atoms with E-state index in [2.05, 4.69) is 22.4 Å². The number of anilines is 1. The average Bonchev–Trinajstić information content (AvgIpc) is 2.59. The third kappa shape index (κ3) is 4.53. The monoisotopic (exact) mass is 313 g/mol. The molecule has 0 unspecified atom stereocenters. The lowest BCUT2D eigenvalue weighted by Gasteiger charge is -2.23. The van der Waals surface area contributed by atoms with E-state index >= 15 is 0 Å². The second kappa shape index (κ2) is 8.29. The SMILES string of the molecule is CNc1ncccc1C(=O)N(CCOC)Cc1ccc(C)cc1. The van der Waals surface area contributed by atoms with Crippen LogP contribution in [-0.2, 0) is 11.3 Å². The molecule has 23 heavy (non-hydrogen) atoms. The molecular weight excluding hydrogens is 290 g/mol. The minimum atomic E-state index is -0.0555. The van der Waals surface area contributed by atoms with E-state index in [9.17, 15) is 4.79 Å². The number of carbonyl (C=O) groups is 1. The number of methoxy groups -OCH3 is 1. The highest BCUT2D eigenvalue weighted by Gasteiger charge is 2.19. The normalized spacial score (nSPS) is 10.4. The first kappa shape index (κ1) is 17.0. The van der Waals surface area contributed by atoms with Gasteiger partial charge in [0.25, 0.3) is 5.91 Å². The lowest BCUT2D eigenvalue weighted by Crippen LogP contribution is -2.34. The van der Waals surface area contributed by atoms with Crippen LogP contribution >= 0.6 is 0 Å². The van der Waals surface area contributed by atoms with Gasteiger partial charge in [-0.05, 0) is 24.6 Å². The van der Waals surface area contributed by atoms with Crippen LogP contribution in [0.1, 0.15) is 21.5 Å². The van der Waals surface area contributed by atoms with Gasteiger partial charge in [0.15, 0.2) is 0 Å². The summed E-state index contributed by atoms with van der Waals surface area (Å²) < 4.78 is 5.15. The van der Waals surface area contributed by atoms with Crippen molar-refractivity contribution in [3.8, 4) is 0 Å². The number of aryl methyl sites for hydroxylation is 1. The number of nitrogens with zero attached hydrogens (tertiary/aromatic N) is 2. The molecule has 0 aliphatic rings. The highest BCUT2D eigenvalue weighted by Crippen LogP contribution is 2.16. The molecule has 0 aliphatic carbocycles. The molecule has 5 heteroatoms. The van der Waals surface area contributed by atoms with E-state index in [1.165, 1.54) is 5.56 Å². The Morgan fingerprint density at radius 3 is 2.65 bits per heavy atom. The van der Waals surface area contributed by atoms with E-state index in [0.29, 0.717) is 31.1 Å². The minimum absolute atomic E-state index is 0.0555. The fraction of sp³-hybridized carbons (Fsp3) is 0.333. The number of hydrogen-bond acceptors (Lipinski definition) is 4. The summed E-state index contributed by atoms with van der Waals surface area (Å²) in [6, 6.07) is 11.8. The number of amides is 1. The van der Waals surface area contributed by atoms with Crippen molar-refractivity contribution in [1.29, 1.82) is 0 Å². The topological polar surface area (TPSA) is 54.5 Å². The predicted octanol–water partition coefficient (Wildman–Crippen LogP) is 2.72. The molecule has 1 heterocycles. The second-order valence-corrected chi connectivity index (χ2v) is 5.35. The molecule has 0 radical (unpaired) electrons. The number of hydrogen-bond donors (Lipinski definition) is 1. The Labute approximate surface area is 137 Å². The quantitative estimate of drug-likeness (QED) is 0.854. The van der Waals surface area contributed by atoms with E-state index < -0.39 is 0 Å². The summed E-state index contributed by atoms with van der Waals surface area (Å²) in [7, 11) is 3.40.